The van der Waals surface area contributed by atoms with Crippen molar-refractivity contribution in [2.75, 3.05) is 7.11 Å². The monoisotopic (exact) mass is 486 g/mol. The van der Waals surface area contributed by atoms with E-state index in [-0.39, 0.29) is 23.1 Å². The number of fused-ring (bicyclic) bond motifs is 1. The molecule has 0 fully saturated rings. The van der Waals surface area contributed by atoms with Gasteiger partial charge in [0, 0.05) is 26.4 Å². The number of aryl methyl sites for hydroxylation is 2. The van der Waals surface area contributed by atoms with Crippen LogP contribution in [0.4, 0.5) is 0 Å². The molecule has 4 rings (SSSR count). The highest BCUT2D eigenvalue weighted by molar-refractivity contribution is 7.92. The van der Waals surface area contributed by atoms with Crippen LogP contribution >= 0.6 is 0 Å². The fourth-order valence-corrected chi connectivity index (χ4v) is 4.70. The van der Waals surface area contributed by atoms with E-state index >= 15 is 0 Å². The van der Waals surface area contributed by atoms with Crippen LogP contribution in [0, 0.1) is 0 Å². The summed E-state index contributed by atoms with van der Waals surface area (Å²) < 4.78 is 35.3. The lowest BCUT2D eigenvalue weighted by molar-refractivity contribution is 0.0940. The number of pyridine rings is 1. The Balaban J connectivity index is 1.72. The van der Waals surface area contributed by atoms with Crippen molar-refractivity contribution in [3.63, 3.8) is 0 Å². The molecule has 0 aliphatic rings. The lowest BCUT2D eigenvalue weighted by atomic mass is 10.3. The Morgan fingerprint density at radius 2 is 1.88 bits per heavy atom. The molecule has 34 heavy (non-hydrogen) atoms. The normalized spacial score (nSPS) is 12.3. The van der Waals surface area contributed by atoms with Gasteiger partial charge in [0.25, 0.3) is 5.91 Å². The van der Waals surface area contributed by atoms with Crippen LogP contribution in [0.2, 0.25) is 0 Å². The number of hydrogen-bond donors (Lipinski definition) is 1. The molecule has 4 aromatic heterocycles. The maximum Gasteiger partial charge on any atom is 0.269 e. The lowest BCUT2D eigenvalue weighted by Crippen LogP contribution is -2.28. The molecule has 4 heterocycles. The average Bonchev–Trinajstić information content (AvgIpc) is 3.47. The Labute approximate surface area is 196 Å². The van der Waals surface area contributed by atoms with E-state index < -0.39 is 14.6 Å². The van der Waals surface area contributed by atoms with Crippen LogP contribution in [-0.4, -0.2) is 60.1 Å². The van der Waals surface area contributed by atoms with Crippen LogP contribution in [0.1, 0.15) is 37.1 Å². The van der Waals surface area contributed by atoms with Crippen molar-refractivity contribution in [3.05, 3.63) is 42.4 Å². The minimum absolute atomic E-state index is 0.0472. The van der Waals surface area contributed by atoms with Crippen LogP contribution in [0.25, 0.3) is 17.0 Å². The van der Waals surface area contributed by atoms with Crippen molar-refractivity contribution in [1.29, 1.82) is 0 Å². The molecule has 0 saturated heterocycles. The van der Waals surface area contributed by atoms with E-state index in [4.69, 9.17) is 4.74 Å². The zero-order chi connectivity index (χ0) is 24.8. The highest BCUT2D eigenvalue weighted by Crippen LogP contribution is 2.34. The van der Waals surface area contributed by atoms with Gasteiger partial charge in [-0.2, -0.15) is 10.2 Å². The van der Waals surface area contributed by atoms with E-state index in [1.807, 2.05) is 0 Å². The highest BCUT2D eigenvalue weighted by atomic mass is 32.2. The van der Waals surface area contributed by atoms with Crippen molar-refractivity contribution >= 4 is 21.4 Å². The fourth-order valence-electron chi connectivity index (χ4n) is 3.39. The number of hydrogen-bond acceptors (Lipinski definition) is 8. The molecule has 0 aromatic carbocycles. The summed E-state index contributed by atoms with van der Waals surface area (Å²) in [5.41, 5.74) is 1.79. The molecule has 180 valence electrons. The van der Waals surface area contributed by atoms with Crippen molar-refractivity contribution in [1.82, 2.24) is 39.2 Å². The topological polar surface area (TPSA) is 138 Å². The summed E-state index contributed by atoms with van der Waals surface area (Å²) in [7, 11) is 1.10. The summed E-state index contributed by atoms with van der Waals surface area (Å²) in [5, 5.41) is 11.4. The molecule has 12 nitrogen and oxygen atoms in total. The average molecular weight is 487 g/mol. The van der Waals surface area contributed by atoms with E-state index in [9.17, 15) is 13.2 Å². The van der Waals surface area contributed by atoms with Crippen molar-refractivity contribution in [3.8, 4) is 17.1 Å². The minimum atomic E-state index is -3.71. The van der Waals surface area contributed by atoms with Gasteiger partial charge in [0.2, 0.25) is 0 Å². The number of aromatic nitrogens is 7. The standard InChI is InChI=1S/C21H26N8O4S/c1-21(2,3)34(31,32)17-11-29-15(9-22-19(29)8-16(17)33-6)13-7-14(28(5)25-13)20(30)23-10-18-24-12-27(4)26-18/h7-9,11-12H,10H2,1-6H3,(H,23,30). The predicted molar refractivity (Wildman–Crippen MR) is 123 cm³/mol. The summed E-state index contributed by atoms with van der Waals surface area (Å²) in [6.07, 6.45) is 4.61. The molecule has 0 unspecified atom stereocenters. The number of rotatable bonds is 6. The first-order valence-electron chi connectivity index (χ1n) is 10.4. The van der Waals surface area contributed by atoms with Crippen molar-refractivity contribution in [2.45, 2.75) is 37.0 Å². The number of methoxy groups -OCH3 is 1. The second-order valence-corrected chi connectivity index (χ2v) is 11.4. The zero-order valence-corrected chi connectivity index (χ0v) is 20.6. The first-order chi connectivity index (χ1) is 15.9. The predicted octanol–water partition coefficient (Wildman–Crippen LogP) is 1.37. The molecule has 0 atom stereocenters. The largest absolute Gasteiger partial charge is 0.495 e. The molecule has 0 bridgehead atoms. The Bertz CT molecular complexity index is 1490. The van der Waals surface area contributed by atoms with E-state index in [1.54, 1.807) is 68.6 Å². The van der Waals surface area contributed by atoms with Gasteiger partial charge in [-0.1, -0.05) is 0 Å². The molecule has 13 heteroatoms. The maximum atomic E-state index is 13.2. The zero-order valence-electron chi connectivity index (χ0n) is 19.8. The summed E-state index contributed by atoms with van der Waals surface area (Å²) in [6.45, 7) is 5.06. The number of nitrogens with zero attached hydrogens (tertiary/aromatic N) is 7. The summed E-state index contributed by atoms with van der Waals surface area (Å²) in [5.74, 6) is 0.352. The van der Waals surface area contributed by atoms with Gasteiger partial charge in [-0.05, 0) is 26.8 Å². The Hall–Kier alpha value is -3.74. The van der Waals surface area contributed by atoms with Gasteiger partial charge in [-0.3, -0.25) is 18.6 Å². The van der Waals surface area contributed by atoms with Gasteiger partial charge >= 0.3 is 0 Å². The van der Waals surface area contributed by atoms with E-state index in [0.29, 0.717) is 28.6 Å². The van der Waals surface area contributed by atoms with Crippen LogP contribution in [-0.2, 0) is 30.5 Å². The highest BCUT2D eigenvalue weighted by Gasteiger charge is 2.34. The number of amides is 1. The van der Waals surface area contributed by atoms with Gasteiger partial charge in [-0.25, -0.2) is 18.4 Å². The SMILES string of the molecule is COc1cc2ncc(-c3cc(C(=O)NCc4ncn(C)n4)n(C)n3)n2cc1S(=O)(=O)C(C)(C)C. The molecule has 1 N–H and O–H groups in total. The second-order valence-electron chi connectivity index (χ2n) is 8.75. The summed E-state index contributed by atoms with van der Waals surface area (Å²) >= 11 is 0. The molecule has 0 aliphatic heterocycles. The van der Waals surface area contributed by atoms with Crippen molar-refractivity contribution in [2.24, 2.45) is 14.1 Å². The first kappa shape index (κ1) is 23.4. The van der Waals surface area contributed by atoms with Gasteiger partial charge in [0.05, 0.1) is 30.3 Å². The van der Waals surface area contributed by atoms with E-state index in [1.165, 1.54) is 18.0 Å². The number of imidazole rings is 1. The second kappa shape index (κ2) is 8.24. The van der Waals surface area contributed by atoms with E-state index in [0.717, 1.165) is 0 Å². The van der Waals surface area contributed by atoms with Crippen LogP contribution in [0.5, 0.6) is 5.75 Å². The molecular formula is C21H26N8O4S. The van der Waals surface area contributed by atoms with Gasteiger partial charge < -0.3 is 10.1 Å². The quantitative estimate of drug-likeness (QED) is 0.431. The molecule has 0 spiro atoms. The van der Waals surface area contributed by atoms with Crippen molar-refractivity contribution < 1.29 is 17.9 Å². The molecule has 0 radical (unpaired) electrons. The van der Waals surface area contributed by atoms with E-state index in [2.05, 4.69) is 25.5 Å². The van der Waals surface area contributed by atoms with Gasteiger partial charge in [0.1, 0.15) is 34.0 Å². The smallest absolute Gasteiger partial charge is 0.269 e. The third-order valence-corrected chi connectivity index (χ3v) is 7.82. The third kappa shape index (κ3) is 4.02. The number of carbonyl (C=O) groups excluding carboxylic acids is 1. The number of nitrogens with one attached hydrogen (secondary N) is 1. The lowest BCUT2D eigenvalue weighted by Gasteiger charge is -2.21. The molecule has 1 amide bonds. The number of sulfone groups is 1. The Kier molecular flexibility index (Phi) is 5.67. The maximum absolute atomic E-state index is 13.2. The molecule has 0 aliphatic carbocycles. The molecule has 4 aromatic rings. The third-order valence-electron chi connectivity index (χ3n) is 5.32. The van der Waals surface area contributed by atoms with Crippen LogP contribution in [0.15, 0.2) is 35.7 Å². The summed E-state index contributed by atoms with van der Waals surface area (Å²) in [4.78, 5) is 21.2. The molecular weight excluding hydrogens is 460 g/mol. The first-order valence-corrected chi connectivity index (χ1v) is 11.9. The number of ether oxygens (including phenoxy) is 1. The minimum Gasteiger partial charge on any atom is -0.495 e. The fraction of sp³-hybridized carbons (Fsp3) is 0.381. The Morgan fingerprint density at radius 3 is 2.50 bits per heavy atom. The Morgan fingerprint density at radius 1 is 1.15 bits per heavy atom. The van der Waals surface area contributed by atoms with Gasteiger partial charge in [0.15, 0.2) is 15.7 Å². The number of carbonyl (C=O) groups is 1. The molecule has 0 saturated carbocycles. The van der Waals surface area contributed by atoms with Crippen LogP contribution in [0.3, 0.4) is 0 Å². The van der Waals surface area contributed by atoms with Gasteiger partial charge in [-0.15, -0.1) is 0 Å². The summed E-state index contributed by atoms with van der Waals surface area (Å²) in [6, 6.07) is 3.19. The van der Waals surface area contributed by atoms with Crippen LogP contribution < -0.4 is 10.1 Å².